The van der Waals surface area contributed by atoms with Crippen molar-refractivity contribution in [1.29, 1.82) is 0 Å². The van der Waals surface area contributed by atoms with Gasteiger partial charge in [-0.3, -0.25) is 0 Å². The lowest BCUT2D eigenvalue weighted by Crippen LogP contribution is -1.90. The summed E-state index contributed by atoms with van der Waals surface area (Å²) in [5, 5.41) is 3.35. The second kappa shape index (κ2) is 1.90. The Morgan fingerprint density at radius 2 is 2.25 bits per heavy atom. The van der Waals surface area contributed by atoms with Crippen molar-refractivity contribution in [3.05, 3.63) is 11.9 Å². The van der Waals surface area contributed by atoms with Crippen molar-refractivity contribution in [2.45, 2.75) is 6.43 Å². The van der Waals surface area contributed by atoms with Crippen LogP contribution in [0.3, 0.4) is 0 Å². The van der Waals surface area contributed by atoms with Crippen LogP contribution in [0.25, 0.3) is 0 Å². The van der Waals surface area contributed by atoms with E-state index in [9.17, 15) is 8.78 Å². The minimum Gasteiger partial charge on any atom is -0.243 e. The number of alkyl halides is 2. The van der Waals surface area contributed by atoms with E-state index in [-0.39, 0.29) is 5.70 Å². The summed E-state index contributed by atoms with van der Waals surface area (Å²) in [4.78, 5) is 3.25. The molecule has 1 radical (unpaired) electrons. The van der Waals surface area contributed by atoms with Crippen LogP contribution in [0.15, 0.2) is 16.9 Å². The zero-order valence-electron chi connectivity index (χ0n) is 3.88. The third-order valence-electron chi connectivity index (χ3n) is 0.704. The van der Waals surface area contributed by atoms with Gasteiger partial charge in [0.1, 0.15) is 12.0 Å². The number of allylic oxidation sites excluding steroid dienone is 1. The molecular formula is C4H3F2N2. The highest BCUT2D eigenvalue weighted by Crippen LogP contribution is 2.10. The third-order valence-corrected chi connectivity index (χ3v) is 0.704. The van der Waals surface area contributed by atoms with Gasteiger partial charge in [-0.05, 0) is 0 Å². The first kappa shape index (κ1) is 5.21. The first-order valence-electron chi connectivity index (χ1n) is 2.01. The van der Waals surface area contributed by atoms with Gasteiger partial charge in [0, 0.05) is 0 Å². The molecule has 0 atom stereocenters. The van der Waals surface area contributed by atoms with Gasteiger partial charge in [-0.1, -0.05) is 0 Å². The highest BCUT2D eigenvalue weighted by atomic mass is 19.3. The fourth-order valence-corrected chi connectivity index (χ4v) is 0.356. The lowest BCUT2D eigenvalue weighted by Gasteiger charge is -1.89. The summed E-state index contributed by atoms with van der Waals surface area (Å²) >= 11 is 0. The molecule has 1 heterocycles. The Kier molecular flexibility index (Phi) is 1.24. The Balaban J connectivity index is 2.58. The largest absolute Gasteiger partial charge is 0.281 e. The number of nitrogens with zero attached hydrogens (tertiary/aromatic N) is 2. The zero-order chi connectivity index (χ0) is 5.98. The average molecular weight is 117 g/mol. The topological polar surface area (TPSA) is 26.5 Å². The van der Waals surface area contributed by atoms with Crippen molar-refractivity contribution < 1.29 is 8.78 Å². The molecule has 1 aliphatic rings. The van der Waals surface area contributed by atoms with Crippen molar-refractivity contribution in [2.24, 2.45) is 4.99 Å². The molecule has 0 amide bonds. The van der Waals surface area contributed by atoms with Gasteiger partial charge in [-0.15, -0.1) is 0 Å². The summed E-state index contributed by atoms with van der Waals surface area (Å²) in [6.45, 7) is 0. The number of halogens is 2. The van der Waals surface area contributed by atoms with Gasteiger partial charge in [0.05, 0.1) is 6.20 Å². The van der Waals surface area contributed by atoms with Crippen molar-refractivity contribution in [1.82, 2.24) is 5.32 Å². The minimum atomic E-state index is -2.49. The SMILES string of the molecule is FC(F)C1=C[N]C=N1. The van der Waals surface area contributed by atoms with Gasteiger partial charge in [0.25, 0.3) is 6.43 Å². The van der Waals surface area contributed by atoms with Crippen LogP contribution in [0.5, 0.6) is 0 Å². The maximum atomic E-state index is 11.5. The molecule has 43 valence electrons. The van der Waals surface area contributed by atoms with Crippen LogP contribution in [0, 0.1) is 0 Å². The molecule has 1 aliphatic heterocycles. The summed E-state index contributed by atoms with van der Waals surface area (Å²) in [6.07, 6.45) is -0.343. The van der Waals surface area contributed by atoms with E-state index in [2.05, 4.69) is 10.3 Å². The Bertz CT molecular complexity index is 139. The fraction of sp³-hybridized carbons (Fsp3) is 0.250. The van der Waals surface area contributed by atoms with E-state index in [4.69, 9.17) is 0 Å². The van der Waals surface area contributed by atoms with Crippen molar-refractivity contribution in [3.63, 3.8) is 0 Å². The van der Waals surface area contributed by atoms with Crippen LogP contribution < -0.4 is 5.32 Å². The van der Waals surface area contributed by atoms with Gasteiger partial charge >= 0.3 is 0 Å². The molecule has 8 heavy (non-hydrogen) atoms. The molecule has 0 aromatic rings. The molecular weight excluding hydrogens is 114 g/mol. The Morgan fingerprint density at radius 1 is 1.50 bits per heavy atom. The van der Waals surface area contributed by atoms with Crippen LogP contribution in [-0.2, 0) is 0 Å². The lowest BCUT2D eigenvalue weighted by atomic mass is 10.5. The lowest BCUT2D eigenvalue weighted by molar-refractivity contribution is 0.188. The highest BCUT2D eigenvalue weighted by molar-refractivity contribution is 5.60. The summed E-state index contributed by atoms with van der Waals surface area (Å²) in [5.41, 5.74) is -0.259. The van der Waals surface area contributed by atoms with Gasteiger partial charge in [0.15, 0.2) is 0 Å². The quantitative estimate of drug-likeness (QED) is 0.484. The molecule has 0 bridgehead atoms. The van der Waals surface area contributed by atoms with Crippen LogP contribution in [0.4, 0.5) is 8.78 Å². The molecule has 0 aromatic carbocycles. The summed E-state index contributed by atoms with van der Waals surface area (Å²) < 4.78 is 23.0. The summed E-state index contributed by atoms with van der Waals surface area (Å²) in [7, 11) is 0. The number of rotatable bonds is 1. The smallest absolute Gasteiger partial charge is 0.243 e. The minimum absolute atomic E-state index is 0.259. The van der Waals surface area contributed by atoms with E-state index < -0.39 is 6.43 Å². The second-order valence-corrected chi connectivity index (χ2v) is 1.25. The van der Waals surface area contributed by atoms with Crippen LogP contribution in [0.1, 0.15) is 0 Å². The Labute approximate surface area is 44.9 Å². The Hall–Kier alpha value is -0.930. The first-order chi connectivity index (χ1) is 3.80. The van der Waals surface area contributed by atoms with E-state index in [1.807, 2.05) is 0 Å². The van der Waals surface area contributed by atoms with E-state index in [1.54, 1.807) is 0 Å². The molecule has 0 N–H and O–H groups in total. The molecule has 1 rings (SSSR count). The molecule has 0 saturated heterocycles. The normalized spacial score (nSPS) is 16.6. The van der Waals surface area contributed by atoms with Crippen molar-refractivity contribution in [2.75, 3.05) is 0 Å². The van der Waals surface area contributed by atoms with E-state index in [0.717, 1.165) is 12.5 Å². The van der Waals surface area contributed by atoms with E-state index in [0.29, 0.717) is 0 Å². The monoisotopic (exact) mass is 117 g/mol. The van der Waals surface area contributed by atoms with E-state index in [1.165, 1.54) is 0 Å². The molecule has 0 spiro atoms. The van der Waals surface area contributed by atoms with Crippen LogP contribution in [0.2, 0.25) is 0 Å². The van der Waals surface area contributed by atoms with Crippen molar-refractivity contribution in [3.8, 4) is 0 Å². The molecule has 4 heteroatoms. The van der Waals surface area contributed by atoms with Crippen molar-refractivity contribution >= 4 is 6.34 Å². The van der Waals surface area contributed by atoms with Gasteiger partial charge in [0.2, 0.25) is 0 Å². The zero-order valence-corrected chi connectivity index (χ0v) is 3.88. The summed E-state index contributed by atoms with van der Waals surface area (Å²) in [5.74, 6) is 0. The molecule has 0 aliphatic carbocycles. The van der Waals surface area contributed by atoms with Crippen LogP contribution >= 0.6 is 0 Å². The van der Waals surface area contributed by atoms with Gasteiger partial charge < -0.3 is 0 Å². The number of hydrogen-bond donors (Lipinski definition) is 0. The van der Waals surface area contributed by atoms with Gasteiger partial charge in [-0.2, -0.15) is 0 Å². The molecule has 2 nitrogen and oxygen atoms in total. The standard InChI is InChI=1S/C4H3F2N2/c5-4(6)3-1-7-2-8-3/h1-2,4H. The predicted molar refractivity (Wildman–Crippen MR) is 24.7 cm³/mol. The number of aliphatic imine (C=N–C) groups is 1. The average Bonchev–Trinajstić information content (AvgIpc) is 2.12. The molecule has 0 fully saturated rings. The Morgan fingerprint density at radius 3 is 2.50 bits per heavy atom. The number of hydrogen-bond acceptors (Lipinski definition) is 1. The van der Waals surface area contributed by atoms with E-state index >= 15 is 0 Å². The second-order valence-electron chi connectivity index (χ2n) is 1.25. The first-order valence-corrected chi connectivity index (χ1v) is 2.01. The molecule has 0 aromatic heterocycles. The maximum absolute atomic E-state index is 11.5. The molecule has 0 unspecified atom stereocenters. The highest BCUT2D eigenvalue weighted by Gasteiger charge is 2.11. The predicted octanol–water partition coefficient (Wildman–Crippen LogP) is 0.739. The molecule has 0 saturated carbocycles. The fourth-order valence-electron chi connectivity index (χ4n) is 0.356. The van der Waals surface area contributed by atoms with Gasteiger partial charge in [-0.25, -0.2) is 19.1 Å². The van der Waals surface area contributed by atoms with Crippen LogP contribution in [-0.4, -0.2) is 12.8 Å². The summed E-state index contributed by atoms with van der Waals surface area (Å²) in [6, 6.07) is 0. The maximum Gasteiger partial charge on any atom is 0.281 e. The third kappa shape index (κ3) is 0.828.